The van der Waals surface area contributed by atoms with Crippen molar-refractivity contribution in [2.24, 2.45) is 12.0 Å². The van der Waals surface area contributed by atoms with Gasteiger partial charge in [-0.15, -0.1) is 0 Å². The Morgan fingerprint density at radius 1 is 1.28 bits per heavy atom. The molecule has 0 saturated heterocycles. The molecule has 0 aliphatic heterocycles. The Hall–Kier alpha value is -2.30. The van der Waals surface area contributed by atoms with Crippen molar-refractivity contribution in [3.63, 3.8) is 0 Å². The van der Waals surface area contributed by atoms with Crippen molar-refractivity contribution in [3.8, 4) is 11.3 Å². The molecule has 2 aromatic rings. The van der Waals surface area contributed by atoms with Crippen molar-refractivity contribution in [1.29, 1.82) is 0 Å². The molecule has 1 aromatic carbocycles. The highest BCUT2D eigenvalue weighted by Crippen LogP contribution is 2.35. The van der Waals surface area contributed by atoms with E-state index in [1.54, 1.807) is 14.1 Å². The zero-order valence-electron chi connectivity index (χ0n) is 10.4. The Bertz CT molecular complexity index is 743. The summed E-state index contributed by atoms with van der Waals surface area (Å²) in [5.74, 6) is -0.0607. The first kappa shape index (κ1) is 10.8. The van der Waals surface area contributed by atoms with Crippen molar-refractivity contribution in [3.05, 3.63) is 40.6 Å². The first-order valence-electron chi connectivity index (χ1n) is 5.66. The predicted octanol–water partition coefficient (Wildman–Crippen LogP) is 0.865. The van der Waals surface area contributed by atoms with E-state index in [0.717, 1.165) is 11.1 Å². The molecule has 18 heavy (non-hydrogen) atoms. The van der Waals surface area contributed by atoms with Crippen molar-refractivity contribution in [1.82, 2.24) is 14.8 Å². The third kappa shape index (κ3) is 1.27. The second-order valence-electron chi connectivity index (χ2n) is 4.28. The van der Waals surface area contributed by atoms with E-state index in [-0.39, 0.29) is 5.78 Å². The van der Waals surface area contributed by atoms with Gasteiger partial charge in [0.05, 0.1) is 0 Å². The van der Waals surface area contributed by atoms with E-state index in [4.69, 9.17) is 0 Å². The average Bonchev–Trinajstić information content (AvgIpc) is 2.63. The number of carbonyl (C=O) groups is 1. The van der Waals surface area contributed by atoms with Crippen LogP contribution in [0.25, 0.3) is 11.3 Å². The maximum absolute atomic E-state index is 12.2. The lowest BCUT2D eigenvalue weighted by Crippen LogP contribution is -2.26. The molecule has 1 aliphatic carbocycles. The van der Waals surface area contributed by atoms with Gasteiger partial charge in [0, 0.05) is 25.2 Å². The highest BCUT2D eigenvalue weighted by atomic mass is 16.1. The number of ketones is 1. The summed E-state index contributed by atoms with van der Waals surface area (Å²) < 4.78 is 1.53. The summed E-state index contributed by atoms with van der Waals surface area (Å²) in [7, 11) is 3.39. The molecule has 1 aliphatic rings. The van der Waals surface area contributed by atoms with Gasteiger partial charge in [-0.1, -0.05) is 18.2 Å². The van der Waals surface area contributed by atoms with Crippen molar-refractivity contribution >= 4 is 5.78 Å². The fourth-order valence-corrected chi connectivity index (χ4v) is 2.29. The summed E-state index contributed by atoms with van der Waals surface area (Å²) in [6.45, 7) is 1.97. The number of hydrogen-bond donors (Lipinski definition) is 0. The molecule has 0 atom stereocenters. The normalized spacial score (nSPS) is 13.7. The average molecular weight is 240 g/mol. The molecule has 0 unspecified atom stereocenters. The van der Waals surface area contributed by atoms with Gasteiger partial charge in [-0.3, -0.25) is 9.79 Å². The number of benzene rings is 1. The van der Waals surface area contributed by atoms with Crippen LogP contribution in [0.15, 0.2) is 23.2 Å². The molecule has 1 aromatic heterocycles. The number of aryl methyl sites for hydroxylation is 2. The topological polar surface area (TPSA) is 60.1 Å². The molecule has 0 N–H and O–H groups in total. The Balaban J connectivity index is 2.45. The molecule has 90 valence electrons. The molecule has 0 radical (unpaired) electrons. The number of hydrogen-bond acceptors (Lipinski definition) is 4. The predicted molar refractivity (Wildman–Crippen MR) is 66.1 cm³/mol. The Kier molecular flexibility index (Phi) is 2.16. The van der Waals surface area contributed by atoms with Gasteiger partial charge in [-0.2, -0.15) is 5.10 Å². The molecule has 0 fully saturated rings. The van der Waals surface area contributed by atoms with Gasteiger partial charge in [-0.05, 0) is 12.5 Å². The SMILES string of the molecule is CN=c1nc2c(nn1C)C(=O)c1cccc(C)c1-2. The number of rotatable bonds is 0. The van der Waals surface area contributed by atoms with E-state index in [2.05, 4.69) is 15.1 Å². The van der Waals surface area contributed by atoms with Crippen LogP contribution in [0.3, 0.4) is 0 Å². The summed E-state index contributed by atoms with van der Waals surface area (Å²) >= 11 is 0. The summed E-state index contributed by atoms with van der Waals surface area (Å²) in [5, 5.41) is 4.27. The molecular formula is C13H12N4O. The molecule has 5 nitrogen and oxygen atoms in total. The second kappa shape index (κ2) is 3.60. The lowest BCUT2D eigenvalue weighted by molar-refractivity contribution is 0.103. The van der Waals surface area contributed by atoms with E-state index in [9.17, 15) is 4.79 Å². The van der Waals surface area contributed by atoms with Gasteiger partial charge in [0.2, 0.25) is 11.4 Å². The van der Waals surface area contributed by atoms with Gasteiger partial charge < -0.3 is 0 Å². The van der Waals surface area contributed by atoms with Gasteiger partial charge in [0.1, 0.15) is 5.69 Å². The summed E-state index contributed by atoms with van der Waals surface area (Å²) in [6, 6.07) is 5.67. The van der Waals surface area contributed by atoms with E-state index < -0.39 is 0 Å². The maximum atomic E-state index is 12.2. The van der Waals surface area contributed by atoms with Crippen LogP contribution in [0.4, 0.5) is 0 Å². The number of nitrogens with zero attached hydrogens (tertiary/aromatic N) is 4. The first-order valence-corrected chi connectivity index (χ1v) is 5.66. The third-order valence-electron chi connectivity index (χ3n) is 3.14. The third-order valence-corrected chi connectivity index (χ3v) is 3.14. The maximum Gasteiger partial charge on any atom is 0.241 e. The van der Waals surface area contributed by atoms with E-state index >= 15 is 0 Å². The minimum atomic E-state index is -0.0607. The molecule has 0 bridgehead atoms. The molecule has 1 heterocycles. The van der Waals surface area contributed by atoms with E-state index in [0.29, 0.717) is 22.6 Å². The van der Waals surface area contributed by atoms with Gasteiger partial charge in [0.25, 0.3) is 0 Å². The molecule has 5 heteroatoms. The minimum Gasteiger partial charge on any atom is -0.287 e. The lowest BCUT2D eigenvalue weighted by atomic mass is 10.0. The van der Waals surface area contributed by atoms with Crippen molar-refractivity contribution < 1.29 is 4.79 Å². The molecule has 0 amide bonds. The van der Waals surface area contributed by atoms with Gasteiger partial charge in [0.15, 0.2) is 5.69 Å². The van der Waals surface area contributed by atoms with Gasteiger partial charge in [-0.25, -0.2) is 9.67 Å². The summed E-state index contributed by atoms with van der Waals surface area (Å²) in [6.07, 6.45) is 0. The highest BCUT2D eigenvalue weighted by molar-refractivity contribution is 6.20. The van der Waals surface area contributed by atoms with Crippen LogP contribution in [-0.2, 0) is 7.05 Å². The molecule has 0 spiro atoms. The molecule has 3 rings (SSSR count). The lowest BCUT2D eigenvalue weighted by Gasteiger charge is -2.03. The first-order chi connectivity index (χ1) is 8.63. The fraction of sp³-hybridized carbons (Fsp3) is 0.231. The molecule has 0 saturated carbocycles. The Morgan fingerprint density at radius 3 is 2.78 bits per heavy atom. The summed E-state index contributed by atoms with van der Waals surface area (Å²) in [4.78, 5) is 20.7. The highest BCUT2D eigenvalue weighted by Gasteiger charge is 2.31. The van der Waals surface area contributed by atoms with Crippen LogP contribution in [0, 0.1) is 6.92 Å². The van der Waals surface area contributed by atoms with Crippen LogP contribution in [0.1, 0.15) is 21.6 Å². The fourth-order valence-electron chi connectivity index (χ4n) is 2.29. The van der Waals surface area contributed by atoms with Crippen molar-refractivity contribution in [2.75, 3.05) is 7.05 Å². The number of aromatic nitrogens is 3. The van der Waals surface area contributed by atoms with Crippen LogP contribution in [-0.4, -0.2) is 27.6 Å². The minimum absolute atomic E-state index is 0.0607. The van der Waals surface area contributed by atoms with E-state index in [1.807, 2.05) is 25.1 Å². The summed E-state index contributed by atoms with van der Waals surface area (Å²) in [5.41, 5.74) is 4.16. The van der Waals surface area contributed by atoms with Crippen LogP contribution >= 0.6 is 0 Å². The number of fused-ring (bicyclic) bond motifs is 3. The van der Waals surface area contributed by atoms with Gasteiger partial charge >= 0.3 is 0 Å². The Morgan fingerprint density at radius 2 is 2.06 bits per heavy atom. The van der Waals surface area contributed by atoms with Crippen LogP contribution < -0.4 is 5.62 Å². The molecular weight excluding hydrogens is 228 g/mol. The largest absolute Gasteiger partial charge is 0.287 e. The monoisotopic (exact) mass is 240 g/mol. The quantitative estimate of drug-likeness (QED) is 0.585. The van der Waals surface area contributed by atoms with Crippen LogP contribution in [0.5, 0.6) is 0 Å². The smallest absolute Gasteiger partial charge is 0.241 e. The zero-order chi connectivity index (χ0) is 12.9. The zero-order valence-corrected chi connectivity index (χ0v) is 10.4. The van der Waals surface area contributed by atoms with Crippen LogP contribution in [0.2, 0.25) is 0 Å². The number of carbonyl (C=O) groups excluding carboxylic acids is 1. The second-order valence-corrected chi connectivity index (χ2v) is 4.28. The Labute approximate surface area is 104 Å². The van der Waals surface area contributed by atoms with Crippen molar-refractivity contribution in [2.45, 2.75) is 6.92 Å². The van der Waals surface area contributed by atoms with E-state index in [1.165, 1.54) is 4.68 Å². The standard InChI is InChI=1S/C13H12N4O/c1-7-5-4-6-8-9(7)10-11(12(8)18)16-17(3)13(14-2)15-10/h4-6H,1-3H3.